The first-order valence-electron chi connectivity index (χ1n) is 4.03. The number of halogens is 1. The minimum Gasteiger partial charge on any atom is -0.347 e. The molecular formula is C8H8ClN3O2S. The highest BCUT2D eigenvalue weighted by Gasteiger charge is 2.18. The molecule has 2 rings (SSSR count). The number of primary sulfonamides is 1. The third-order valence-corrected chi connectivity index (χ3v) is 3.22. The average Bonchev–Trinajstić information content (AvgIpc) is 2.41. The van der Waals surface area contributed by atoms with E-state index in [1.807, 2.05) is 0 Å². The summed E-state index contributed by atoms with van der Waals surface area (Å²) in [6.07, 6.45) is 2.98. The Morgan fingerprint density at radius 2 is 2.20 bits per heavy atom. The van der Waals surface area contributed by atoms with E-state index >= 15 is 0 Å². The van der Waals surface area contributed by atoms with E-state index in [0.29, 0.717) is 15.9 Å². The Morgan fingerprint density at radius 3 is 2.80 bits per heavy atom. The van der Waals surface area contributed by atoms with E-state index in [0.717, 1.165) is 0 Å². The number of aryl methyl sites for hydroxylation is 1. The van der Waals surface area contributed by atoms with Crippen molar-refractivity contribution in [1.29, 1.82) is 0 Å². The van der Waals surface area contributed by atoms with Crippen LogP contribution in [0.5, 0.6) is 0 Å². The summed E-state index contributed by atoms with van der Waals surface area (Å²) in [5.41, 5.74) is 0.421. The number of fused-ring (bicyclic) bond motifs is 1. The van der Waals surface area contributed by atoms with E-state index in [2.05, 4.69) is 4.98 Å². The molecule has 7 heteroatoms. The number of sulfonamides is 1. The Kier molecular flexibility index (Phi) is 2.22. The van der Waals surface area contributed by atoms with Gasteiger partial charge >= 0.3 is 0 Å². The zero-order valence-electron chi connectivity index (χ0n) is 7.81. The lowest BCUT2D eigenvalue weighted by molar-refractivity contribution is 0.594. The van der Waals surface area contributed by atoms with Crippen LogP contribution in [-0.4, -0.2) is 18.0 Å². The second-order valence-electron chi connectivity index (χ2n) is 3.15. The molecule has 5 nitrogen and oxygen atoms in total. The third kappa shape index (κ3) is 1.60. The number of nitrogens with two attached hydrogens (primary N) is 1. The summed E-state index contributed by atoms with van der Waals surface area (Å²) < 4.78 is 24.1. The molecule has 0 radical (unpaired) electrons. The van der Waals surface area contributed by atoms with Crippen molar-refractivity contribution >= 4 is 32.5 Å². The summed E-state index contributed by atoms with van der Waals surface area (Å²) in [5, 5.41) is 5.99. The number of aromatic nitrogens is 2. The summed E-state index contributed by atoms with van der Waals surface area (Å²) in [5.74, 6) is 0. The summed E-state index contributed by atoms with van der Waals surface area (Å²) in [6.45, 7) is 0. The molecule has 15 heavy (non-hydrogen) atoms. The summed E-state index contributed by atoms with van der Waals surface area (Å²) in [4.78, 5) is 3.76. The molecule has 0 aliphatic carbocycles. The summed E-state index contributed by atoms with van der Waals surface area (Å²) in [7, 11) is -2.14. The first-order chi connectivity index (χ1) is 6.91. The zero-order valence-corrected chi connectivity index (χ0v) is 9.38. The molecule has 80 valence electrons. The van der Waals surface area contributed by atoms with Gasteiger partial charge in [-0.25, -0.2) is 18.5 Å². The lowest BCUT2D eigenvalue weighted by atomic mass is 10.3. The van der Waals surface area contributed by atoms with Crippen molar-refractivity contribution in [3.8, 4) is 0 Å². The fourth-order valence-electron chi connectivity index (χ4n) is 1.48. The Morgan fingerprint density at radius 1 is 1.53 bits per heavy atom. The predicted octanol–water partition coefficient (Wildman–Crippen LogP) is 0.874. The molecule has 0 atom stereocenters. The zero-order chi connectivity index (χ0) is 11.2. The molecule has 0 spiro atoms. The fourth-order valence-corrected chi connectivity index (χ4v) is 2.51. The molecule has 0 bridgehead atoms. The van der Waals surface area contributed by atoms with Crippen LogP contribution >= 0.6 is 11.6 Å². The number of pyridine rings is 1. The third-order valence-electron chi connectivity index (χ3n) is 2.08. The summed E-state index contributed by atoms with van der Waals surface area (Å²) >= 11 is 5.92. The number of rotatable bonds is 1. The van der Waals surface area contributed by atoms with Crippen molar-refractivity contribution in [2.45, 2.75) is 5.03 Å². The molecule has 0 amide bonds. The van der Waals surface area contributed by atoms with Crippen LogP contribution in [0.2, 0.25) is 5.02 Å². The number of hydrogen-bond acceptors (Lipinski definition) is 3. The molecule has 2 N–H and O–H groups in total. The minimum absolute atomic E-state index is 0.158. The minimum atomic E-state index is -3.83. The van der Waals surface area contributed by atoms with E-state index in [1.54, 1.807) is 23.9 Å². The van der Waals surface area contributed by atoms with Crippen molar-refractivity contribution in [1.82, 2.24) is 9.55 Å². The van der Waals surface area contributed by atoms with Gasteiger partial charge in [-0.1, -0.05) is 11.6 Å². The van der Waals surface area contributed by atoms with Gasteiger partial charge in [-0.3, -0.25) is 0 Å². The van der Waals surface area contributed by atoms with Crippen LogP contribution in [0.1, 0.15) is 0 Å². The van der Waals surface area contributed by atoms with Gasteiger partial charge < -0.3 is 4.57 Å². The molecule has 0 unspecified atom stereocenters. The van der Waals surface area contributed by atoms with E-state index in [1.165, 1.54) is 6.20 Å². The molecule has 0 aliphatic rings. The van der Waals surface area contributed by atoms with Crippen LogP contribution in [0, 0.1) is 0 Å². The highest BCUT2D eigenvalue weighted by Crippen LogP contribution is 2.27. The molecule has 0 aliphatic heterocycles. The highest BCUT2D eigenvalue weighted by atomic mass is 35.5. The predicted molar refractivity (Wildman–Crippen MR) is 57.1 cm³/mol. The standard InChI is InChI=1S/C8H8ClN3O2S/c1-12-4-6(9)5-2-3-11-8(7(5)12)15(10,13)14/h2-4H,1H3,(H2,10,13,14). The van der Waals surface area contributed by atoms with Gasteiger partial charge in [0.2, 0.25) is 0 Å². The second-order valence-corrected chi connectivity index (χ2v) is 5.03. The molecule has 0 saturated carbocycles. The van der Waals surface area contributed by atoms with Gasteiger partial charge in [0.25, 0.3) is 10.0 Å². The number of hydrogen-bond donors (Lipinski definition) is 1. The maximum atomic E-state index is 11.3. The molecule has 2 heterocycles. The number of nitrogens with zero attached hydrogens (tertiary/aromatic N) is 2. The molecule has 2 aromatic rings. The van der Waals surface area contributed by atoms with Crippen LogP contribution in [0.3, 0.4) is 0 Å². The van der Waals surface area contributed by atoms with Gasteiger partial charge in [0.1, 0.15) is 0 Å². The van der Waals surface area contributed by atoms with Crippen molar-refractivity contribution in [2.24, 2.45) is 12.2 Å². The van der Waals surface area contributed by atoms with E-state index in [4.69, 9.17) is 16.7 Å². The SMILES string of the molecule is Cn1cc(Cl)c2ccnc(S(N)(=O)=O)c21. The molecular weight excluding hydrogens is 238 g/mol. The molecule has 0 fully saturated rings. The fraction of sp³-hybridized carbons (Fsp3) is 0.125. The van der Waals surface area contributed by atoms with Gasteiger partial charge in [0, 0.05) is 24.8 Å². The smallest absolute Gasteiger partial charge is 0.257 e. The maximum Gasteiger partial charge on any atom is 0.257 e. The van der Waals surface area contributed by atoms with Crippen LogP contribution in [0.15, 0.2) is 23.5 Å². The first-order valence-corrected chi connectivity index (χ1v) is 5.96. The topological polar surface area (TPSA) is 78.0 Å². The van der Waals surface area contributed by atoms with Crippen LogP contribution in [0.4, 0.5) is 0 Å². The van der Waals surface area contributed by atoms with E-state index in [9.17, 15) is 8.42 Å². The van der Waals surface area contributed by atoms with Gasteiger partial charge in [-0.2, -0.15) is 0 Å². The first kappa shape index (κ1) is 10.4. The maximum absolute atomic E-state index is 11.3. The average molecular weight is 246 g/mol. The van der Waals surface area contributed by atoms with Gasteiger partial charge in [0.15, 0.2) is 5.03 Å². The summed E-state index contributed by atoms with van der Waals surface area (Å²) in [6, 6.07) is 1.65. The van der Waals surface area contributed by atoms with Crippen LogP contribution < -0.4 is 5.14 Å². The molecule has 0 saturated heterocycles. The normalized spacial score (nSPS) is 12.2. The Balaban J connectivity index is 3.00. The van der Waals surface area contributed by atoms with E-state index < -0.39 is 10.0 Å². The molecule has 0 aromatic carbocycles. The van der Waals surface area contributed by atoms with Crippen molar-refractivity contribution in [2.75, 3.05) is 0 Å². The lowest BCUT2D eigenvalue weighted by Crippen LogP contribution is -2.15. The van der Waals surface area contributed by atoms with Gasteiger partial charge in [-0.05, 0) is 6.07 Å². The van der Waals surface area contributed by atoms with E-state index in [-0.39, 0.29) is 5.03 Å². The van der Waals surface area contributed by atoms with Gasteiger partial charge in [-0.15, -0.1) is 0 Å². The lowest BCUT2D eigenvalue weighted by Gasteiger charge is -2.01. The van der Waals surface area contributed by atoms with Crippen LogP contribution in [-0.2, 0) is 17.1 Å². The van der Waals surface area contributed by atoms with Crippen molar-refractivity contribution in [3.63, 3.8) is 0 Å². The Labute approximate surface area is 91.5 Å². The monoisotopic (exact) mass is 245 g/mol. The largest absolute Gasteiger partial charge is 0.347 e. The molecule has 2 aromatic heterocycles. The Hall–Kier alpha value is -1.11. The highest BCUT2D eigenvalue weighted by molar-refractivity contribution is 7.89. The second kappa shape index (κ2) is 3.19. The Bertz CT molecular complexity index is 633. The van der Waals surface area contributed by atoms with Crippen molar-refractivity contribution in [3.05, 3.63) is 23.5 Å². The van der Waals surface area contributed by atoms with Crippen LogP contribution in [0.25, 0.3) is 10.9 Å². The quantitative estimate of drug-likeness (QED) is 0.810. The van der Waals surface area contributed by atoms with Gasteiger partial charge in [0.05, 0.1) is 10.5 Å². The van der Waals surface area contributed by atoms with Crippen molar-refractivity contribution < 1.29 is 8.42 Å².